The Balaban J connectivity index is 1.67. The molecule has 0 radical (unpaired) electrons. The standard InChI is InChI=1S/C22H26N4O4S/c1-15-20(22(27)26-13-5-4-6-14-26)21(16(2)25(15)3)31(28,29)24-18-9-7-17(8-10-18)19-11-12-23-30-19/h7-12,24H,4-6,13-14H2,1-3H3. The van der Waals surface area contributed by atoms with Crippen LogP contribution in [-0.4, -0.2) is 42.0 Å². The van der Waals surface area contributed by atoms with Gasteiger partial charge in [-0.2, -0.15) is 0 Å². The van der Waals surface area contributed by atoms with Crippen LogP contribution in [0.2, 0.25) is 0 Å². The maximum atomic E-state index is 13.4. The summed E-state index contributed by atoms with van der Waals surface area (Å²) < 4.78 is 36.3. The molecule has 4 rings (SSSR count). The molecule has 1 saturated heterocycles. The molecule has 1 aliphatic heterocycles. The molecule has 0 saturated carbocycles. The van der Waals surface area contributed by atoms with Crippen molar-refractivity contribution in [2.75, 3.05) is 17.8 Å². The lowest BCUT2D eigenvalue weighted by Gasteiger charge is -2.27. The third-order valence-electron chi connectivity index (χ3n) is 5.91. The van der Waals surface area contributed by atoms with Crippen LogP contribution in [0.25, 0.3) is 11.3 Å². The summed E-state index contributed by atoms with van der Waals surface area (Å²) in [5.41, 5.74) is 2.62. The first-order valence-corrected chi connectivity index (χ1v) is 11.8. The number of anilines is 1. The lowest BCUT2D eigenvalue weighted by Crippen LogP contribution is -2.36. The van der Waals surface area contributed by atoms with E-state index < -0.39 is 10.0 Å². The number of aromatic nitrogens is 2. The summed E-state index contributed by atoms with van der Waals surface area (Å²) in [5, 5.41) is 3.68. The molecule has 1 aliphatic rings. The van der Waals surface area contributed by atoms with Gasteiger partial charge in [0.2, 0.25) is 0 Å². The zero-order valence-electron chi connectivity index (χ0n) is 17.9. The fourth-order valence-electron chi connectivity index (χ4n) is 4.03. The summed E-state index contributed by atoms with van der Waals surface area (Å²) in [4.78, 5) is 15.1. The van der Waals surface area contributed by atoms with Crippen LogP contribution >= 0.6 is 0 Å². The SMILES string of the molecule is Cc1c(C(=O)N2CCCCC2)c(S(=O)(=O)Nc2ccc(-c3ccno3)cc2)c(C)n1C. The molecule has 1 aromatic carbocycles. The maximum absolute atomic E-state index is 13.4. The molecule has 0 atom stereocenters. The molecule has 3 aromatic rings. The molecule has 31 heavy (non-hydrogen) atoms. The largest absolute Gasteiger partial charge is 0.356 e. The highest BCUT2D eigenvalue weighted by Gasteiger charge is 2.33. The van der Waals surface area contributed by atoms with Gasteiger partial charge in [-0.25, -0.2) is 8.42 Å². The average molecular weight is 443 g/mol. The highest BCUT2D eigenvalue weighted by Crippen LogP contribution is 2.30. The minimum atomic E-state index is -3.98. The Morgan fingerprint density at radius 1 is 1.03 bits per heavy atom. The molecule has 2 aromatic heterocycles. The number of likely N-dealkylation sites (tertiary alicyclic amines) is 1. The predicted octanol–water partition coefficient (Wildman–Crippen LogP) is 3.72. The van der Waals surface area contributed by atoms with Gasteiger partial charge in [0.1, 0.15) is 4.90 Å². The number of piperidine rings is 1. The topological polar surface area (TPSA) is 97.4 Å². The fraction of sp³-hybridized carbons (Fsp3) is 0.364. The monoisotopic (exact) mass is 442 g/mol. The van der Waals surface area contributed by atoms with Crippen LogP contribution in [-0.2, 0) is 17.1 Å². The van der Waals surface area contributed by atoms with Crippen LogP contribution in [0.1, 0.15) is 41.0 Å². The third-order valence-corrected chi connectivity index (χ3v) is 7.45. The van der Waals surface area contributed by atoms with E-state index in [1.54, 1.807) is 66.9 Å². The zero-order chi connectivity index (χ0) is 22.2. The van der Waals surface area contributed by atoms with Gasteiger partial charge >= 0.3 is 0 Å². The number of rotatable bonds is 5. The maximum Gasteiger partial charge on any atom is 0.264 e. The molecule has 9 heteroatoms. The highest BCUT2D eigenvalue weighted by atomic mass is 32.2. The number of benzene rings is 1. The second-order valence-corrected chi connectivity index (χ2v) is 9.47. The minimum Gasteiger partial charge on any atom is -0.356 e. The molecule has 164 valence electrons. The zero-order valence-corrected chi connectivity index (χ0v) is 18.7. The van der Waals surface area contributed by atoms with Crippen LogP contribution in [0, 0.1) is 13.8 Å². The molecule has 0 aliphatic carbocycles. The number of sulfonamides is 1. The summed E-state index contributed by atoms with van der Waals surface area (Å²) in [5.74, 6) is 0.375. The Bertz CT molecular complexity index is 1190. The molecule has 3 heterocycles. The Hall–Kier alpha value is -3.07. The Morgan fingerprint density at radius 3 is 2.32 bits per heavy atom. The highest BCUT2D eigenvalue weighted by molar-refractivity contribution is 7.92. The van der Waals surface area contributed by atoms with E-state index in [0.717, 1.165) is 24.8 Å². The summed E-state index contributed by atoms with van der Waals surface area (Å²) >= 11 is 0. The summed E-state index contributed by atoms with van der Waals surface area (Å²) in [6.07, 6.45) is 4.52. The second kappa shape index (κ2) is 8.22. The second-order valence-electron chi connectivity index (χ2n) is 7.85. The van der Waals surface area contributed by atoms with Crippen molar-refractivity contribution in [2.24, 2.45) is 7.05 Å². The molecule has 1 amide bonds. The lowest BCUT2D eigenvalue weighted by atomic mass is 10.1. The van der Waals surface area contributed by atoms with Crippen molar-refractivity contribution in [3.63, 3.8) is 0 Å². The van der Waals surface area contributed by atoms with Crippen molar-refractivity contribution in [3.8, 4) is 11.3 Å². The van der Waals surface area contributed by atoms with E-state index >= 15 is 0 Å². The molecular formula is C22H26N4O4S. The van der Waals surface area contributed by atoms with Gasteiger partial charge in [-0.3, -0.25) is 9.52 Å². The number of carbonyl (C=O) groups is 1. The number of nitrogens with zero attached hydrogens (tertiary/aromatic N) is 3. The summed E-state index contributed by atoms with van der Waals surface area (Å²) in [6.45, 7) is 4.82. The van der Waals surface area contributed by atoms with Gasteiger partial charge in [-0.05, 0) is 57.4 Å². The number of amides is 1. The van der Waals surface area contributed by atoms with Crippen LogP contribution < -0.4 is 4.72 Å². The van der Waals surface area contributed by atoms with Crippen molar-refractivity contribution >= 4 is 21.6 Å². The van der Waals surface area contributed by atoms with Gasteiger partial charge in [-0.15, -0.1) is 0 Å². The fourth-order valence-corrected chi connectivity index (χ4v) is 5.60. The molecule has 8 nitrogen and oxygen atoms in total. The molecule has 0 spiro atoms. The van der Waals surface area contributed by atoms with Gasteiger partial charge in [0, 0.05) is 48.8 Å². The first kappa shape index (κ1) is 21.2. The number of nitrogens with one attached hydrogen (secondary N) is 1. The van der Waals surface area contributed by atoms with Crippen molar-refractivity contribution in [1.29, 1.82) is 0 Å². The molecular weight excluding hydrogens is 416 g/mol. The average Bonchev–Trinajstić information content (AvgIpc) is 3.38. The first-order chi connectivity index (χ1) is 14.8. The van der Waals surface area contributed by atoms with E-state index in [1.807, 2.05) is 0 Å². The van der Waals surface area contributed by atoms with E-state index in [0.29, 0.717) is 35.9 Å². The van der Waals surface area contributed by atoms with Gasteiger partial charge in [0.15, 0.2) is 5.76 Å². The number of hydrogen-bond acceptors (Lipinski definition) is 5. The van der Waals surface area contributed by atoms with E-state index in [2.05, 4.69) is 9.88 Å². The normalized spacial score (nSPS) is 14.6. The van der Waals surface area contributed by atoms with Crippen LogP contribution in [0.3, 0.4) is 0 Å². The van der Waals surface area contributed by atoms with Gasteiger partial charge in [-0.1, -0.05) is 5.16 Å². The number of hydrogen-bond donors (Lipinski definition) is 1. The molecule has 1 fully saturated rings. The Morgan fingerprint density at radius 2 is 1.71 bits per heavy atom. The van der Waals surface area contributed by atoms with Gasteiger partial charge in [0.05, 0.1) is 11.8 Å². The van der Waals surface area contributed by atoms with Crippen LogP contribution in [0.5, 0.6) is 0 Å². The van der Waals surface area contributed by atoms with Crippen LogP contribution in [0.4, 0.5) is 5.69 Å². The van der Waals surface area contributed by atoms with Crippen molar-refractivity contribution in [2.45, 2.75) is 38.0 Å². The third kappa shape index (κ3) is 3.97. The first-order valence-electron chi connectivity index (χ1n) is 10.3. The quantitative estimate of drug-likeness (QED) is 0.649. The van der Waals surface area contributed by atoms with E-state index in [-0.39, 0.29) is 16.4 Å². The van der Waals surface area contributed by atoms with Crippen molar-refractivity contribution in [3.05, 3.63) is 53.5 Å². The Kier molecular flexibility index (Phi) is 5.62. The van der Waals surface area contributed by atoms with E-state index in [9.17, 15) is 13.2 Å². The van der Waals surface area contributed by atoms with E-state index in [1.165, 1.54) is 0 Å². The summed E-state index contributed by atoms with van der Waals surface area (Å²) in [7, 11) is -2.20. The molecule has 0 bridgehead atoms. The smallest absolute Gasteiger partial charge is 0.264 e. The Labute approximate surface area is 181 Å². The van der Waals surface area contributed by atoms with Crippen molar-refractivity contribution < 1.29 is 17.7 Å². The predicted molar refractivity (Wildman–Crippen MR) is 117 cm³/mol. The van der Waals surface area contributed by atoms with Crippen molar-refractivity contribution in [1.82, 2.24) is 14.6 Å². The lowest BCUT2D eigenvalue weighted by molar-refractivity contribution is 0.0720. The van der Waals surface area contributed by atoms with Crippen LogP contribution in [0.15, 0.2) is 45.9 Å². The van der Waals surface area contributed by atoms with Gasteiger partial charge in [0.25, 0.3) is 15.9 Å². The van der Waals surface area contributed by atoms with E-state index in [4.69, 9.17) is 4.52 Å². The summed E-state index contributed by atoms with van der Waals surface area (Å²) in [6, 6.07) is 8.55. The number of carbonyl (C=O) groups excluding carboxylic acids is 1. The minimum absolute atomic E-state index is 0.0439. The molecule has 1 N–H and O–H groups in total. The molecule has 0 unspecified atom stereocenters. The van der Waals surface area contributed by atoms with Gasteiger partial charge < -0.3 is 14.0 Å².